The molecule has 0 saturated carbocycles. The molecule has 10 heteroatoms. The number of nitrogens with zero attached hydrogens (tertiary/aromatic N) is 4. The zero-order valence-corrected chi connectivity index (χ0v) is 17.6. The zero-order valence-electron chi connectivity index (χ0n) is 16.8. The number of ether oxygens (including phenoxy) is 2. The van der Waals surface area contributed by atoms with E-state index < -0.39 is 4.92 Å². The van der Waals surface area contributed by atoms with Gasteiger partial charge in [-0.1, -0.05) is 17.4 Å². The number of hydrogen-bond donors (Lipinski definition) is 0. The molecule has 0 N–H and O–H groups in total. The van der Waals surface area contributed by atoms with E-state index in [1.807, 2.05) is 18.2 Å². The van der Waals surface area contributed by atoms with Crippen LogP contribution in [0.15, 0.2) is 47.3 Å². The molecule has 4 rings (SSSR count). The second-order valence-corrected chi connectivity index (χ2v) is 7.69. The number of aryl methyl sites for hydroxylation is 2. The normalized spacial score (nSPS) is 11.7. The molecule has 31 heavy (non-hydrogen) atoms. The molecule has 0 fully saturated rings. The van der Waals surface area contributed by atoms with Gasteiger partial charge in [-0.3, -0.25) is 14.9 Å². The van der Waals surface area contributed by atoms with Crippen molar-refractivity contribution in [2.75, 3.05) is 14.2 Å². The lowest BCUT2D eigenvalue weighted by atomic mass is 10.1. The molecule has 0 saturated heterocycles. The van der Waals surface area contributed by atoms with E-state index in [0.29, 0.717) is 45.2 Å². The lowest BCUT2D eigenvalue weighted by molar-refractivity contribution is -0.384. The Kier molecular flexibility index (Phi) is 5.63. The Balaban J connectivity index is 1.53. The van der Waals surface area contributed by atoms with E-state index in [1.54, 1.807) is 32.4 Å². The minimum Gasteiger partial charge on any atom is -0.493 e. The van der Waals surface area contributed by atoms with Crippen LogP contribution >= 0.6 is 11.3 Å². The zero-order chi connectivity index (χ0) is 22.0. The van der Waals surface area contributed by atoms with E-state index in [4.69, 9.17) is 9.47 Å². The molecule has 9 nitrogen and oxygen atoms in total. The molecule has 4 aromatic rings. The number of nitro groups is 1. The first-order valence-corrected chi connectivity index (χ1v) is 10.2. The second kappa shape index (κ2) is 8.52. The van der Waals surface area contributed by atoms with Crippen molar-refractivity contribution < 1.29 is 14.4 Å². The largest absolute Gasteiger partial charge is 0.493 e. The minimum absolute atomic E-state index is 0.00117. The first-order valence-electron chi connectivity index (χ1n) is 9.34. The van der Waals surface area contributed by atoms with E-state index >= 15 is 0 Å². The first kappa shape index (κ1) is 20.5. The molecule has 0 atom stereocenters. The maximum Gasteiger partial charge on any atom is 0.291 e. The fraction of sp³-hybridized carbons (Fsp3) is 0.190. The summed E-state index contributed by atoms with van der Waals surface area (Å²) in [5, 5.41) is 15.1. The summed E-state index contributed by atoms with van der Waals surface area (Å²) >= 11 is 1.23. The molecule has 0 aliphatic carbocycles. The fourth-order valence-corrected chi connectivity index (χ4v) is 4.04. The molecule has 0 bridgehead atoms. The topological polar surface area (TPSA) is 109 Å². The summed E-state index contributed by atoms with van der Waals surface area (Å²) in [4.78, 5) is 27.9. The third-order valence-electron chi connectivity index (χ3n) is 4.71. The van der Waals surface area contributed by atoms with E-state index in [9.17, 15) is 14.9 Å². The van der Waals surface area contributed by atoms with Crippen molar-refractivity contribution in [3.05, 3.63) is 84.4 Å². The highest BCUT2D eigenvalue weighted by atomic mass is 32.1. The van der Waals surface area contributed by atoms with Crippen LogP contribution in [-0.2, 0) is 12.8 Å². The van der Waals surface area contributed by atoms with Gasteiger partial charge in [0.2, 0.25) is 4.96 Å². The third-order valence-corrected chi connectivity index (χ3v) is 5.67. The van der Waals surface area contributed by atoms with Crippen LogP contribution < -0.4 is 19.6 Å². The van der Waals surface area contributed by atoms with Gasteiger partial charge < -0.3 is 9.47 Å². The highest BCUT2D eigenvalue weighted by molar-refractivity contribution is 7.15. The van der Waals surface area contributed by atoms with E-state index in [-0.39, 0.29) is 11.2 Å². The average Bonchev–Trinajstić information content (AvgIpc) is 3.31. The SMILES string of the molecule is COc1ccc(CCc2nc3s/c(=C\c4ccc([N+](=O)[O-])cc4)c(=O)n3n2)cc1OC. The number of methoxy groups -OCH3 is 2. The van der Waals surface area contributed by atoms with Crippen LogP contribution in [-0.4, -0.2) is 33.7 Å². The molecule has 2 aromatic heterocycles. The molecule has 2 heterocycles. The lowest BCUT2D eigenvalue weighted by Gasteiger charge is -2.08. The Bertz CT molecular complexity index is 1360. The van der Waals surface area contributed by atoms with Crippen molar-refractivity contribution in [3.63, 3.8) is 0 Å². The highest BCUT2D eigenvalue weighted by Crippen LogP contribution is 2.28. The number of thiazole rings is 1. The van der Waals surface area contributed by atoms with Crippen molar-refractivity contribution in [1.82, 2.24) is 14.6 Å². The Morgan fingerprint density at radius 2 is 1.84 bits per heavy atom. The van der Waals surface area contributed by atoms with Crippen LogP contribution in [0.1, 0.15) is 17.0 Å². The number of non-ortho nitro benzene ring substituents is 1. The molecule has 0 radical (unpaired) electrons. The maximum absolute atomic E-state index is 12.7. The van der Waals surface area contributed by atoms with Crippen molar-refractivity contribution in [3.8, 4) is 11.5 Å². The summed E-state index contributed by atoms with van der Waals surface area (Å²) in [6.07, 6.45) is 2.94. The van der Waals surface area contributed by atoms with Crippen LogP contribution in [0.2, 0.25) is 0 Å². The predicted molar refractivity (Wildman–Crippen MR) is 116 cm³/mol. The summed E-state index contributed by atoms with van der Waals surface area (Å²) in [5.41, 5.74) is 1.48. The smallest absolute Gasteiger partial charge is 0.291 e. The molecule has 0 aliphatic rings. The molecule has 2 aromatic carbocycles. The molecule has 158 valence electrons. The number of benzene rings is 2. The lowest BCUT2D eigenvalue weighted by Crippen LogP contribution is -2.23. The first-order chi connectivity index (χ1) is 15.0. The van der Waals surface area contributed by atoms with E-state index in [1.165, 1.54) is 28.0 Å². The van der Waals surface area contributed by atoms with Crippen molar-refractivity contribution >= 4 is 28.1 Å². The van der Waals surface area contributed by atoms with Crippen LogP contribution in [0.5, 0.6) is 11.5 Å². The summed E-state index contributed by atoms with van der Waals surface area (Å²) in [7, 11) is 3.18. The minimum atomic E-state index is -0.463. The van der Waals surface area contributed by atoms with Gasteiger partial charge in [0, 0.05) is 18.6 Å². The Hall–Kier alpha value is -3.79. The van der Waals surface area contributed by atoms with Crippen LogP contribution in [0, 0.1) is 10.1 Å². The number of rotatable bonds is 7. The van der Waals surface area contributed by atoms with Crippen molar-refractivity contribution in [2.45, 2.75) is 12.8 Å². The Labute approximate surface area is 180 Å². The number of hydrogen-bond acceptors (Lipinski definition) is 8. The van der Waals surface area contributed by atoms with Gasteiger partial charge in [-0.15, -0.1) is 5.10 Å². The van der Waals surface area contributed by atoms with Gasteiger partial charge >= 0.3 is 0 Å². The van der Waals surface area contributed by atoms with Crippen LogP contribution in [0.25, 0.3) is 11.0 Å². The monoisotopic (exact) mass is 438 g/mol. The molecular weight excluding hydrogens is 420 g/mol. The fourth-order valence-electron chi connectivity index (χ4n) is 3.12. The molecular formula is C21H18N4O5S. The van der Waals surface area contributed by atoms with Gasteiger partial charge in [0.25, 0.3) is 11.2 Å². The average molecular weight is 438 g/mol. The van der Waals surface area contributed by atoms with Gasteiger partial charge in [-0.25, -0.2) is 4.98 Å². The van der Waals surface area contributed by atoms with Gasteiger partial charge in [-0.05, 0) is 47.9 Å². The van der Waals surface area contributed by atoms with Gasteiger partial charge in [0.1, 0.15) is 0 Å². The Morgan fingerprint density at radius 1 is 1.10 bits per heavy atom. The summed E-state index contributed by atoms with van der Waals surface area (Å²) in [6, 6.07) is 11.7. The summed E-state index contributed by atoms with van der Waals surface area (Å²) in [6.45, 7) is 0. The molecule has 0 unspecified atom stereocenters. The quantitative estimate of drug-likeness (QED) is 0.322. The van der Waals surface area contributed by atoms with Gasteiger partial charge in [-0.2, -0.15) is 4.52 Å². The summed E-state index contributed by atoms with van der Waals surface area (Å²) < 4.78 is 12.3. The standard InChI is InChI=1S/C21H18N4O5S/c1-29-16-9-5-13(11-17(16)30-2)6-10-19-22-21-24(23-19)20(26)18(31-21)12-14-3-7-15(8-4-14)25(27)28/h3-5,7-9,11-12H,6,10H2,1-2H3/b18-12-. The van der Waals surface area contributed by atoms with Crippen molar-refractivity contribution in [2.24, 2.45) is 0 Å². The van der Waals surface area contributed by atoms with Gasteiger partial charge in [0.15, 0.2) is 17.3 Å². The third kappa shape index (κ3) is 4.24. The molecule has 0 amide bonds. The highest BCUT2D eigenvalue weighted by Gasteiger charge is 2.12. The molecule has 0 aliphatic heterocycles. The van der Waals surface area contributed by atoms with Crippen LogP contribution in [0.4, 0.5) is 5.69 Å². The van der Waals surface area contributed by atoms with Crippen molar-refractivity contribution in [1.29, 1.82) is 0 Å². The Morgan fingerprint density at radius 3 is 2.48 bits per heavy atom. The maximum atomic E-state index is 12.7. The van der Waals surface area contributed by atoms with Gasteiger partial charge in [0.05, 0.1) is 23.7 Å². The second-order valence-electron chi connectivity index (χ2n) is 6.68. The molecule has 0 spiro atoms. The number of fused-ring (bicyclic) bond motifs is 1. The predicted octanol–water partition coefficient (Wildman–Crippen LogP) is 2.41. The van der Waals surface area contributed by atoms with E-state index in [0.717, 1.165) is 5.56 Å². The summed E-state index contributed by atoms with van der Waals surface area (Å²) in [5.74, 6) is 1.91. The van der Waals surface area contributed by atoms with E-state index in [2.05, 4.69) is 10.1 Å². The van der Waals surface area contributed by atoms with Crippen LogP contribution in [0.3, 0.4) is 0 Å². The number of nitro benzene ring substituents is 1. The number of aromatic nitrogens is 3.